The average molecular weight is 293 g/mol. The van der Waals surface area contributed by atoms with Crippen LogP contribution in [0.5, 0.6) is 5.75 Å². The number of hydrogen-bond donors (Lipinski definition) is 0. The predicted molar refractivity (Wildman–Crippen MR) is 76.1 cm³/mol. The lowest BCUT2D eigenvalue weighted by molar-refractivity contribution is 0.309. The van der Waals surface area contributed by atoms with Gasteiger partial charge in [-0.2, -0.15) is 0 Å². The van der Waals surface area contributed by atoms with Gasteiger partial charge in [-0.1, -0.05) is 11.6 Å². The summed E-state index contributed by atoms with van der Waals surface area (Å²) in [6, 6.07) is 12.3. The Hall–Kier alpha value is -1.78. The Morgan fingerprint density at radius 2 is 2.00 bits per heavy atom. The third kappa shape index (κ3) is 2.80. The van der Waals surface area contributed by atoms with Gasteiger partial charge in [0.05, 0.1) is 4.34 Å². The van der Waals surface area contributed by atoms with Gasteiger partial charge in [0.1, 0.15) is 17.9 Å². The molecule has 0 saturated heterocycles. The highest BCUT2D eigenvalue weighted by molar-refractivity contribution is 7.16. The first-order chi connectivity index (χ1) is 9.20. The van der Waals surface area contributed by atoms with Crippen LogP contribution in [0.2, 0.25) is 4.34 Å². The molecule has 0 radical (unpaired) electrons. The van der Waals surface area contributed by atoms with Crippen molar-refractivity contribution >= 4 is 33.9 Å². The molecule has 0 spiro atoms. The van der Waals surface area contributed by atoms with Crippen molar-refractivity contribution in [2.45, 2.75) is 6.61 Å². The maximum atomic E-state index is 11.2. The lowest BCUT2D eigenvalue weighted by Crippen LogP contribution is -1.96. The van der Waals surface area contributed by atoms with Crippen molar-refractivity contribution in [1.82, 2.24) is 0 Å². The molecule has 0 fully saturated rings. The number of thiophene rings is 1. The molecule has 0 N–H and O–H groups in total. The summed E-state index contributed by atoms with van der Waals surface area (Å²) in [6.07, 6.45) is 0. The van der Waals surface area contributed by atoms with E-state index in [2.05, 4.69) is 0 Å². The Morgan fingerprint density at radius 3 is 2.79 bits per heavy atom. The first-order valence-electron chi connectivity index (χ1n) is 5.62. The Labute approximate surface area is 118 Å². The van der Waals surface area contributed by atoms with E-state index in [1.807, 2.05) is 24.3 Å². The minimum absolute atomic E-state index is 0.366. The molecule has 0 bridgehead atoms. The number of halogens is 1. The fraction of sp³-hybridized carbons (Fsp3) is 0.0714. The van der Waals surface area contributed by atoms with E-state index in [-0.39, 0.29) is 5.63 Å². The monoisotopic (exact) mass is 292 g/mol. The fourth-order valence-electron chi connectivity index (χ4n) is 1.71. The first kappa shape index (κ1) is 12.3. The normalized spacial score (nSPS) is 10.8. The molecule has 3 rings (SSSR count). The summed E-state index contributed by atoms with van der Waals surface area (Å²) < 4.78 is 11.5. The van der Waals surface area contributed by atoms with E-state index in [1.54, 1.807) is 12.1 Å². The summed E-state index contributed by atoms with van der Waals surface area (Å²) in [4.78, 5) is 12.2. The van der Waals surface area contributed by atoms with Crippen molar-refractivity contribution in [2.24, 2.45) is 0 Å². The zero-order valence-corrected chi connectivity index (χ0v) is 11.3. The Morgan fingerprint density at radius 1 is 1.16 bits per heavy atom. The second-order valence-corrected chi connectivity index (χ2v) is 5.75. The van der Waals surface area contributed by atoms with Gasteiger partial charge in [0.15, 0.2) is 0 Å². The third-order valence-corrected chi connectivity index (χ3v) is 3.81. The van der Waals surface area contributed by atoms with Gasteiger partial charge >= 0.3 is 5.63 Å². The van der Waals surface area contributed by atoms with Gasteiger partial charge < -0.3 is 9.15 Å². The molecular weight excluding hydrogens is 284 g/mol. The molecule has 19 heavy (non-hydrogen) atoms. The van der Waals surface area contributed by atoms with Gasteiger partial charge in [0.25, 0.3) is 0 Å². The summed E-state index contributed by atoms with van der Waals surface area (Å²) in [6.45, 7) is 0.444. The summed E-state index contributed by atoms with van der Waals surface area (Å²) >= 11 is 7.33. The highest BCUT2D eigenvalue weighted by Gasteiger charge is 2.02. The van der Waals surface area contributed by atoms with Crippen LogP contribution < -0.4 is 10.4 Å². The Balaban J connectivity index is 1.83. The Kier molecular flexibility index (Phi) is 3.27. The van der Waals surface area contributed by atoms with Gasteiger partial charge in [0, 0.05) is 22.4 Å². The molecular formula is C14H9ClO3S. The van der Waals surface area contributed by atoms with Crippen LogP contribution >= 0.6 is 22.9 Å². The summed E-state index contributed by atoms with van der Waals surface area (Å²) in [5.41, 5.74) is 0.156. The van der Waals surface area contributed by atoms with Crippen LogP contribution in [0.15, 0.2) is 51.7 Å². The predicted octanol–water partition coefficient (Wildman–Crippen LogP) is 4.09. The van der Waals surface area contributed by atoms with E-state index in [0.717, 1.165) is 14.6 Å². The smallest absolute Gasteiger partial charge is 0.336 e. The van der Waals surface area contributed by atoms with E-state index in [9.17, 15) is 4.79 Å². The molecule has 0 aliphatic heterocycles. The molecule has 0 atom stereocenters. The van der Waals surface area contributed by atoms with Gasteiger partial charge in [-0.05, 0) is 30.3 Å². The molecule has 0 unspecified atom stereocenters. The second kappa shape index (κ2) is 5.07. The zero-order chi connectivity index (χ0) is 13.2. The van der Waals surface area contributed by atoms with Gasteiger partial charge in [-0.15, -0.1) is 11.3 Å². The van der Waals surface area contributed by atoms with Gasteiger partial charge in [0.2, 0.25) is 0 Å². The number of ether oxygens (including phenoxy) is 1. The fourth-order valence-corrected chi connectivity index (χ4v) is 2.72. The lowest BCUT2D eigenvalue weighted by Gasteiger charge is -2.05. The molecule has 1 aromatic carbocycles. The largest absolute Gasteiger partial charge is 0.488 e. The Bertz CT molecular complexity index is 775. The first-order valence-corrected chi connectivity index (χ1v) is 6.81. The number of hydrogen-bond acceptors (Lipinski definition) is 4. The van der Waals surface area contributed by atoms with Crippen LogP contribution in [-0.4, -0.2) is 0 Å². The van der Waals surface area contributed by atoms with Gasteiger partial charge in [-0.3, -0.25) is 0 Å². The summed E-state index contributed by atoms with van der Waals surface area (Å²) in [7, 11) is 0. The molecule has 0 saturated carbocycles. The topological polar surface area (TPSA) is 39.4 Å². The number of rotatable bonds is 3. The van der Waals surface area contributed by atoms with Crippen molar-refractivity contribution in [3.8, 4) is 5.75 Å². The number of fused-ring (bicyclic) bond motifs is 1. The van der Waals surface area contributed by atoms with E-state index < -0.39 is 0 Å². The third-order valence-electron chi connectivity index (χ3n) is 2.60. The highest BCUT2D eigenvalue weighted by Crippen LogP contribution is 2.24. The van der Waals surface area contributed by atoms with E-state index >= 15 is 0 Å². The minimum atomic E-state index is -0.366. The average Bonchev–Trinajstić information content (AvgIpc) is 2.81. The maximum Gasteiger partial charge on any atom is 0.336 e. The zero-order valence-electron chi connectivity index (χ0n) is 9.76. The maximum absolute atomic E-state index is 11.2. The summed E-state index contributed by atoms with van der Waals surface area (Å²) in [5.74, 6) is 0.659. The van der Waals surface area contributed by atoms with Crippen molar-refractivity contribution in [2.75, 3.05) is 0 Å². The van der Waals surface area contributed by atoms with Crippen LogP contribution in [0.3, 0.4) is 0 Å². The van der Waals surface area contributed by atoms with Crippen molar-refractivity contribution in [3.63, 3.8) is 0 Å². The van der Waals surface area contributed by atoms with Crippen LogP contribution in [0.25, 0.3) is 11.0 Å². The van der Waals surface area contributed by atoms with Crippen LogP contribution in [0.1, 0.15) is 4.88 Å². The van der Waals surface area contributed by atoms with Crippen molar-refractivity contribution in [3.05, 3.63) is 62.1 Å². The quantitative estimate of drug-likeness (QED) is 0.683. The molecule has 5 heteroatoms. The molecule has 3 nitrogen and oxygen atoms in total. The SMILES string of the molecule is O=c1ccc2ccc(OCc3ccc(Cl)s3)cc2o1. The van der Waals surface area contributed by atoms with Crippen LogP contribution in [-0.2, 0) is 6.61 Å². The molecule has 96 valence electrons. The standard InChI is InChI=1S/C14H9ClO3S/c15-13-5-4-11(19-13)8-17-10-3-1-9-2-6-14(16)18-12(9)7-10/h1-7H,8H2. The lowest BCUT2D eigenvalue weighted by atomic mass is 10.2. The number of benzene rings is 1. The molecule has 0 amide bonds. The molecule has 3 aromatic rings. The van der Waals surface area contributed by atoms with E-state index in [0.29, 0.717) is 17.9 Å². The summed E-state index contributed by atoms with van der Waals surface area (Å²) in [5, 5.41) is 0.867. The van der Waals surface area contributed by atoms with Crippen LogP contribution in [0, 0.1) is 0 Å². The molecule has 2 aromatic heterocycles. The molecule has 2 heterocycles. The molecule has 0 aliphatic rings. The van der Waals surface area contributed by atoms with Gasteiger partial charge in [-0.25, -0.2) is 4.79 Å². The second-order valence-electron chi connectivity index (χ2n) is 3.95. The minimum Gasteiger partial charge on any atom is -0.488 e. The van der Waals surface area contributed by atoms with Crippen LogP contribution in [0.4, 0.5) is 0 Å². The van der Waals surface area contributed by atoms with Crippen molar-refractivity contribution in [1.29, 1.82) is 0 Å². The molecule has 0 aliphatic carbocycles. The highest BCUT2D eigenvalue weighted by atomic mass is 35.5. The van der Waals surface area contributed by atoms with E-state index in [1.165, 1.54) is 17.4 Å². The van der Waals surface area contributed by atoms with Crippen molar-refractivity contribution < 1.29 is 9.15 Å². The van der Waals surface area contributed by atoms with E-state index in [4.69, 9.17) is 20.8 Å².